The van der Waals surface area contributed by atoms with Crippen LogP contribution in [-0.2, 0) is 19.4 Å². The number of aromatic amines is 1. The summed E-state index contributed by atoms with van der Waals surface area (Å²) in [6, 6.07) is 7.06. The predicted molar refractivity (Wildman–Crippen MR) is 98.6 cm³/mol. The third-order valence-corrected chi connectivity index (χ3v) is 5.92. The Hall–Kier alpha value is -2.14. The summed E-state index contributed by atoms with van der Waals surface area (Å²) in [7, 11) is 0. The predicted octanol–water partition coefficient (Wildman–Crippen LogP) is 3.39. The number of benzene rings is 1. The minimum Gasteiger partial charge on any atom is -0.328 e. The number of hydrogen-bond donors (Lipinski definition) is 1. The van der Waals surface area contributed by atoms with E-state index in [1.165, 1.54) is 65.8 Å². The van der Waals surface area contributed by atoms with Crippen LogP contribution in [0.3, 0.4) is 0 Å². The summed E-state index contributed by atoms with van der Waals surface area (Å²) in [6.07, 6.45) is 8.13. The highest BCUT2D eigenvalue weighted by Crippen LogP contribution is 2.31. The molecule has 2 aliphatic rings. The summed E-state index contributed by atoms with van der Waals surface area (Å²) in [5.41, 5.74) is 5.41. The van der Waals surface area contributed by atoms with Gasteiger partial charge in [0.1, 0.15) is 5.82 Å². The van der Waals surface area contributed by atoms with Gasteiger partial charge in [0.05, 0.1) is 17.4 Å². The molecular weight excluding hydrogens is 310 g/mol. The van der Waals surface area contributed by atoms with Gasteiger partial charge in [-0.2, -0.15) is 5.10 Å². The number of nitrogens with zero attached hydrogens (tertiary/aromatic N) is 4. The van der Waals surface area contributed by atoms with Gasteiger partial charge in [0.2, 0.25) is 0 Å². The van der Waals surface area contributed by atoms with Gasteiger partial charge in [0.15, 0.2) is 0 Å². The molecule has 1 saturated heterocycles. The zero-order valence-corrected chi connectivity index (χ0v) is 14.8. The largest absolute Gasteiger partial charge is 0.328 e. The Kier molecular flexibility index (Phi) is 3.63. The quantitative estimate of drug-likeness (QED) is 0.798. The van der Waals surface area contributed by atoms with E-state index >= 15 is 0 Å². The van der Waals surface area contributed by atoms with Gasteiger partial charge in [-0.3, -0.25) is 10.00 Å². The van der Waals surface area contributed by atoms with Crippen molar-refractivity contribution in [3.05, 3.63) is 47.2 Å². The lowest BCUT2D eigenvalue weighted by Crippen LogP contribution is -2.23. The molecule has 1 fully saturated rings. The first-order chi connectivity index (χ1) is 12.3. The Morgan fingerprint density at radius 1 is 1.24 bits per heavy atom. The second-order valence-electron chi connectivity index (χ2n) is 7.56. The van der Waals surface area contributed by atoms with Crippen molar-refractivity contribution in [2.45, 2.75) is 51.6 Å². The molecule has 0 bridgehead atoms. The van der Waals surface area contributed by atoms with Gasteiger partial charge in [-0.25, -0.2) is 4.98 Å². The molecule has 1 aliphatic heterocycles. The van der Waals surface area contributed by atoms with Crippen LogP contribution in [0.1, 0.15) is 48.1 Å². The number of hydrogen-bond acceptors (Lipinski definition) is 3. The smallest absolute Gasteiger partial charge is 0.106 e. The maximum atomic E-state index is 4.87. The van der Waals surface area contributed by atoms with Gasteiger partial charge < -0.3 is 4.57 Å². The zero-order valence-electron chi connectivity index (χ0n) is 14.8. The van der Waals surface area contributed by atoms with E-state index in [0.29, 0.717) is 6.04 Å². The fraction of sp³-hybridized carbons (Fsp3) is 0.500. The number of aromatic nitrogens is 4. The molecule has 0 amide bonds. The van der Waals surface area contributed by atoms with Crippen molar-refractivity contribution in [2.75, 3.05) is 13.1 Å². The highest BCUT2D eigenvalue weighted by molar-refractivity contribution is 5.81. The fourth-order valence-electron chi connectivity index (χ4n) is 4.75. The molecule has 1 aliphatic carbocycles. The Labute approximate surface area is 148 Å². The third kappa shape index (κ3) is 2.58. The maximum Gasteiger partial charge on any atom is 0.106 e. The molecule has 3 aromatic rings. The number of para-hydroxylation sites is 1. The van der Waals surface area contributed by atoms with Crippen molar-refractivity contribution < 1.29 is 0 Å². The highest BCUT2D eigenvalue weighted by Gasteiger charge is 2.29. The van der Waals surface area contributed by atoms with E-state index in [1.54, 1.807) is 0 Å². The van der Waals surface area contributed by atoms with Crippen molar-refractivity contribution in [3.8, 4) is 0 Å². The van der Waals surface area contributed by atoms with E-state index < -0.39 is 0 Å². The normalized spacial score (nSPS) is 21.1. The fourth-order valence-corrected chi connectivity index (χ4v) is 4.75. The molecule has 0 saturated carbocycles. The monoisotopic (exact) mass is 335 g/mol. The van der Waals surface area contributed by atoms with Crippen molar-refractivity contribution in [1.29, 1.82) is 0 Å². The molecule has 5 heteroatoms. The Morgan fingerprint density at radius 2 is 2.16 bits per heavy atom. The number of rotatable bonds is 3. The van der Waals surface area contributed by atoms with Crippen LogP contribution in [0.15, 0.2) is 24.4 Å². The van der Waals surface area contributed by atoms with Crippen LogP contribution in [-0.4, -0.2) is 37.7 Å². The van der Waals surface area contributed by atoms with E-state index in [2.05, 4.69) is 44.8 Å². The van der Waals surface area contributed by atoms with E-state index in [1.807, 2.05) is 6.20 Å². The van der Waals surface area contributed by atoms with Crippen LogP contribution in [0.2, 0.25) is 0 Å². The standard InChI is InChI=1S/C20H25N5/c1-14-22-18-7-2-3-8-19(18)25(14)17-9-10-24(13-17)12-16-6-4-5-15-11-21-23-20(15)16/h4-6,11,17H,2-3,7-10,12-13H2,1H3,(H,21,23). The van der Waals surface area contributed by atoms with E-state index in [9.17, 15) is 0 Å². The SMILES string of the molecule is Cc1nc2c(n1C1CCN(Cc3cccc4cn[nH]c34)C1)CCCC2. The third-order valence-electron chi connectivity index (χ3n) is 5.92. The zero-order chi connectivity index (χ0) is 16.8. The summed E-state index contributed by atoms with van der Waals surface area (Å²) in [4.78, 5) is 7.45. The van der Waals surface area contributed by atoms with Gasteiger partial charge in [-0.15, -0.1) is 0 Å². The summed E-state index contributed by atoms with van der Waals surface area (Å²) >= 11 is 0. The molecule has 130 valence electrons. The number of nitrogens with one attached hydrogen (secondary N) is 1. The first-order valence-corrected chi connectivity index (χ1v) is 9.49. The summed E-state index contributed by atoms with van der Waals surface area (Å²) < 4.78 is 2.56. The van der Waals surface area contributed by atoms with E-state index in [0.717, 1.165) is 19.6 Å². The van der Waals surface area contributed by atoms with E-state index in [4.69, 9.17) is 4.98 Å². The summed E-state index contributed by atoms with van der Waals surface area (Å²) in [6.45, 7) is 5.45. The van der Waals surface area contributed by atoms with Crippen LogP contribution < -0.4 is 0 Å². The second kappa shape index (κ2) is 5.99. The average Bonchev–Trinajstić information content (AvgIpc) is 3.32. The molecule has 5 rings (SSSR count). The lowest BCUT2D eigenvalue weighted by molar-refractivity contribution is 0.315. The molecule has 1 N–H and O–H groups in total. The minimum atomic E-state index is 0.579. The maximum absolute atomic E-state index is 4.87. The molecule has 0 spiro atoms. The van der Waals surface area contributed by atoms with E-state index in [-0.39, 0.29) is 0 Å². The second-order valence-corrected chi connectivity index (χ2v) is 7.56. The first-order valence-electron chi connectivity index (χ1n) is 9.49. The molecule has 0 radical (unpaired) electrons. The Bertz CT molecular complexity index is 906. The van der Waals surface area contributed by atoms with Crippen LogP contribution in [0.25, 0.3) is 10.9 Å². The van der Waals surface area contributed by atoms with Gasteiger partial charge in [0.25, 0.3) is 0 Å². The number of fused-ring (bicyclic) bond motifs is 2. The van der Waals surface area contributed by atoms with Crippen molar-refractivity contribution in [3.63, 3.8) is 0 Å². The lowest BCUT2D eigenvalue weighted by Gasteiger charge is -2.21. The van der Waals surface area contributed by atoms with Gasteiger partial charge >= 0.3 is 0 Å². The molecule has 1 atom stereocenters. The summed E-state index contributed by atoms with van der Waals surface area (Å²) in [5, 5.41) is 8.56. The Balaban J connectivity index is 1.37. The van der Waals surface area contributed by atoms with Crippen molar-refractivity contribution in [2.24, 2.45) is 0 Å². The van der Waals surface area contributed by atoms with Crippen LogP contribution in [0.4, 0.5) is 0 Å². The van der Waals surface area contributed by atoms with Gasteiger partial charge in [0, 0.05) is 36.8 Å². The Morgan fingerprint density at radius 3 is 3.12 bits per heavy atom. The molecule has 2 aromatic heterocycles. The lowest BCUT2D eigenvalue weighted by atomic mass is 10.0. The highest BCUT2D eigenvalue weighted by atomic mass is 15.2. The van der Waals surface area contributed by atoms with Crippen LogP contribution in [0, 0.1) is 6.92 Å². The molecule has 1 aromatic carbocycles. The van der Waals surface area contributed by atoms with Crippen LogP contribution >= 0.6 is 0 Å². The summed E-state index contributed by atoms with van der Waals surface area (Å²) in [5.74, 6) is 1.22. The molecular formula is C20H25N5. The number of imidazole rings is 1. The van der Waals surface area contributed by atoms with Crippen molar-refractivity contribution >= 4 is 10.9 Å². The molecule has 5 nitrogen and oxygen atoms in total. The van der Waals surface area contributed by atoms with Crippen molar-refractivity contribution in [1.82, 2.24) is 24.6 Å². The number of aryl methyl sites for hydroxylation is 2. The minimum absolute atomic E-state index is 0.579. The molecule has 3 heterocycles. The number of likely N-dealkylation sites (tertiary alicyclic amines) is 1. The first kappa shape index (κ1) is 15.1. The van der Waals surface area contributed by atoms with Crippen LogP contribution in [0.5, 0.6) is 0 Å². The molecule has 25 heavy (non-hydrogen) atoms. The molecule has 1 unspecified atom stereocenters. The van der Waals surface area contributed by atoms with Gasteiger partial charge in [-0.1, -0.05) is 18.2 Å². The van der Waals surface area contributed by atoms with Gasteiger partial charge in [-0.05, 0) is 44.6 Å². The number of H-pyrrole nitrogens is 1. The topological polar surface area (TPSA) is 49.7 Å². The average molecular weight is 335 g/mol.